The fourth-order valence-corrected chi connectivity index (χ4v) is 2.69. The van der Waals surface area contributed by atoms with Crippen LogP contribution in [0.2, 0.25) is 0 Å². The first kappa shape index (κ1) is 13.2. The summed E-state index contributed by atoms with van der Waals surface area (Å²) in [5, 5.41) is 3.45. The average molecular weight is 250 g/mol. The van der Waals surface area contributed by atoms with Gasteiger partial charge in [-0.25, -0.2) is 0 Å². The Labute approximate surface area is 109 Å². The van der Waals surface area contributed by atoms with E-state index in [1.165, 1.54) is 5.56 Å². The molecule has 1 atom stereocenters. The zero-order chi connectivity index (χ0) is 13.2. The molecule has 18 heavy (non-hydrogen) atoms. The zero-order valence-electron chi connectivity index (χ0n) is 11.6. The van der Waals surface area contributed by atoms with Crippen LogP contribution in [-0.4, -0.2) is 46.3 Å². The first-order chi connectivity index (χ1) is 8.64. The van der Waals surface area contributed by atoms with Gasteiger partial charge in [0.15, 0.2) is 11.5 Å². The fraction of sp³-hybridized carbons (Fsp3) is 0.571. The van der Waals surface area contributed by atoms with Crippen LogP contribution in [0.25, 0.3) is 0 Å². The Morgan fingerprint density at radius 3 is 2.39 bits per heavy atom. The van der Waals surface area contributed by atoms with Gasteiger partial charge in [-0.15, -0.1) is 0 Å². The minimum absolute atomic E-state index is 0.0551. The molecule has 0 amide bonds. The number of hydrogen-bond donors (Lipinski definition) is 1. The summed E-state index contributed by atoms with van der Waals surface area (Å²) in [6.45, 7) is 2.02. The zero-order valence-corrected chi connectivity index (χ0v) is 11.6. The summed E-state index contributed by atoms with van der Waals surface area (Å²) in [6.07, 6.45) is 1.11. The molecule has 1 unspecified atom stereocenters. The van der Waals surface area contributed by atoms with E-state index in [2.05, 4.69) is 36.4 Å². The molecule has 0 spiro atoms. The standard InChI is InChI=1S/C14H22N2O2/c1-16(2)14(7-8-15-10-14)11-5-6-12(17-3)13(9-11)18-4/h5-6,9,15H,7-8,10H2,1-4H3. The molecule has 1 aromatic carbocycles. The topological polar surface area (TPSA) is 33.7 Å². The maximum atomic E-state index is 5.40. The van der Waals surface area contributed by atoms with Crippen LogP contribution in [0.3, 0.4) is 0 Å². The van der Waals surface area contributed by atoms with Crippen molar-refractivity contribution in [1.82, 2.24) is 10.2 Å². The van der Waals surface area contributed by atoms with Gasteiger partial charge in [-0.2, -0.15) is 0 Å². The number of nitrogens with one attached hydrogen (secondary N) is 1. The predicted molar refractivity (Wildman–Crippen MR) is 72.4 cm³/mol. The third kappa shape index (κ3) is 2.06. The van der Waals surface area contributed by atoms with E-state index in [-0.39, 0.29) is 5.54 Å². The van der Waals surface area contributed by atoms with Gasteiger partial charge in [-0.05, 0) is 44.8 Å². The van der Waals surface area contributed by atoms with Gasteiger partial charge in [-0.3, -0.25) is 4.90 Å². The lowest BCUT2D eigenvalue weighted by Crippen LogP contribution is -2.43. The van der Waals surface area contributed by atoms with Gasteiger partial charge in [0.05, 0.1) is 19.8 Å². The molecule has 1 N–H and O–H groups in total. The maximum Gasteiger partial charge on any atom is 0.161 e. The molecule has 1 aliphatic heterocycles. The van der Waals surface area contributed by atoms with Crippen molar-refractivity contribution in [3.05, 3.63) is 23.8 Å². The van der Waals surface area contributed by atoms with Crippen molar-refractivity contribution in [3.63, 3.8) is 0 Å². The molecule has 2 rings (SSSR count). The van der Waals surface area contributed by atoms with E-state index < -0.39 is 0 Å². The van der Waals surface area contributed by atoms with Crippen LogP contribution in [0, 0.1) is 0 Å². The van der Waals surface area contributed by atoms with Crippen molar-refractivity contribution in [1.29, 1.82) is 0 Å². The fourth-order valence-electron chi connectivity index (χ4n) is 2.69. The lowest BCUT2D eigenvalue weighted by Gasteiger charge is -2.36. The van der Waals surface area contributed by atoms with Crippen LogP contribution in [-0.2, 0) is 5.54 Å². The van der Waals surface area contributed by atoms with Gasteiger partial charge >= 0.3 is 0 Å². The van der Waals surface area contributed by atoms with Gasteiger partial charge in [0.25, 0.3) is 0 Å². The van der Waals surface area contributed by atoms with Crippen LogP contribution in [0.5, 0.6) is 11.5 Å². The van der Waals surface area contributed by atoms with E-state index in [9.17, 15) is 0 Å². The summed E-state index contributed by atoms with van der Waals surface area (Å²) < 4.78 is 10.7. The largest absolute Gasteiger partial charge is 0.493 e. The number of ether oxygens (including phenoxy) is 2. The van der Waals surface area contributed by atoms with Crippen molar-refractivity contribution in [3.8, 4) is 11.5 Å². The summed E-state index contributed by atoms with van der Waals surface area (Å²) in [5.74, 6) is 1.57. The molecule has 1 heterocycles. The van der Waals surface area contributed by atoms with E-state index >= 15 is 0 Å². The molecule has 0 aliphatic carbocycles. The summed E-state index contributed by atoms with van der Waals surface area (Å²) in [5.41, 5.74) is 1.33. The molecular formula is C14H22N2O2. The van der Waals surface area contributed by atoms with Crippen LogP contribution in [0.15, 0.2) is 18.2 Å². The number of hydrogen-bond acceptors (Lipinski definition) is 4. The van der Waals surface area contributed by atoms with Crippen LogP contribution in [0.4, 0.5) is 0 Å². The predicted octanol–water partition coefficient (Wildman–Crippen LogP) is 1.45. The van der Waals surface area contributed by atoms with Gasteiger partial charge in [0.1, 0.15) is 0 Å². The van der Waals surface area contributed by atoms with Crippen LogP contribution < -0.4 is 14.8 Å². The second kappa shape index (κ2) is 5.16. The molecule has 1 fully saturated rings. The molecule has 0 radical (unpaired) electrons. The second-order valence-electron chi connectivity index (χ2n) is 4.92. The van der Waals surface area contributed by atoms with Crippen LogP contribution >= 0.6 is 0 Å². The SMILES string of the molecule is COc1ccc(C2(N(C)C)CCNC2)cc1OC. The Balaban J connectivity index is 2.43. The number of likely N-dealkylation sites (N-methyl/N-ethyl adjacent to an activating group) is 1. The molecule has 100 valence electrons. The summed E-state index contributed by atoms with van der Waals surface area (Å²) >= 11 is 0. The summed E-state index contributed by atoms with van der Waals surface area (Å²) in [6, 6.07) is 6.21. The molecule has 1 saturated heterocycles. The molecule has 0 bridgehead atoms. The van der Waals surface area contributed by atoms with Gasteiger partial charge in [-0.1, -0.05) is 6.07 Å². The average Bonchev–Trinajstić information content (AvgIpc) is 2.88. The highest BCUT2D eigenvalue weighted by Gasteiger charge is 2.38. The second-order valence-corrected chi connectivity index (χ2v) is 4.92. The van der Waals surface area contributed by atoms with Crippen molar-refractivity contribution >= 4 is 0 Å². The Kier molecular flexibility index (Phi) is 3.78. The molecule has 1 aromatic rings. The molecular weight excluding hydrogens is 228 g/mol. The van der Waals surface area contributed by atoms with E-state index in [1.54, 1.807) is 14.2 Å². The van der Waals surface area contributed by atoms with E-state index in [0.29, 0.717) is 0 Å². The third-order valence-corrected chi connectivity index (χ3v) is 3.91. The highest BCUT2D eigenvalue weighted by molar-refractivity contribution is 5.45. The highest BCUT2D eigenvalue weighted by Crippen LogP contribution is 2.37. The van der Waals surface area contributed by atoms with Crippen molar-refractivity contribution in [2.75, 3.05) is 41.4 Å². The molecule has 0 saturated carbocycles. The van der Waals surface area contributed by atoms with E-state index in [4.69, 9.17) is 9.47 Å². The molecule has 4 heteroatoms. The first-order valence-corrected chi connectivity index (χ1v) is 6.25. The normalized spacial score (nSPS) is 23.4. The minimum Gasteiger partial charge on any atom is -0.493 e. The summed E-state index contributed by atoms with van der Waals surface area (Å²) in [4.78, 5) is 2.29. The number of nitrogens with zero attached hydrogens (tertiary/aromatic N) is 1. The summed E-state index contributed by atoms with van der Waals surface area (Å²) in [7, 11) is 7.60. The lowest BCUT2D eigenvalue weighted by atomic mass is 9.87. The Morgan fingerprint density at radius 1 is 1.17 bits per heavy atom. The molecule has 0 aromatic heterocycles. The Morgan fingerprint density at radius 2 is 1.89 bits per heavy atom. The maximum absolute atomic E-state index is 5.40. The van der Waals surface area contributed by atoms with Crippen molar-refractivity contribution in [2.24, 2.45) is 0 Å². The number of rotatable bonds is 4. The van der Waals surface area contributed by atoms with Crippen LogP contribution in [0.1, 0.15) is 12.0 Å². The third-order valence-electron chi connectivity index (χ3n) is 3.91. The first-order valence-electron chi connectivity index (χ1n) is 6.25. The number of benzene rings is 1. The Hall–Kier alpha value is -1.26. The molecule has 1 aliphatic rings. The minimum atomic E-state index is 0.0551. The van der Waals surface area contributed by atoms with Gasteiger partial charge in [0, 0.05) is 6.54 Å². The quantitative estimate of drug-likeness (QED) is 0.877. The van der Waals surface area contributed by atoms with E-state index in [0.717, 1.165) is 31.0 Å². The highest BCUT2D eigenvalue weighted by atomic mass is 16.5. The van der Waals surface area contributed by atoms with Gasteiger partial charge < -0.3 is 14.8 Å². The molecule has 4 nitrogen and oxygen atoms in total. The Bertz CT molecular complexity index is 412. The van der Waals surface area contributed by atoms with E-state index in [1.807, 2.05) is 6.07 Å². The number of methoxy groups -OCH3 is 2. The van der Waals surface area contributed by atoms with Gasteiger partial charge in [0.2, 0.25) is 0 Å². The smallest absolute Gasteiger partial charge is 0.161 e. The monoisotopic (exact) mass is 250 g/mol. The lowest BCUT2D eigenvalue weighted by molar-refractivity contribution is 0.174. The van der Waals surface area contributed by atoms with Crippen molar-refractivity contribution < 1.29 is 9.47 Å². The van der Waals surface area contributed by atoms with Crippen molar-refractivity contribution in [2.45, 2.75) is 12.0 Å².